The summed E-state index contributed by atoms with van der Waals surface area (Å²) in [5.74, 6) is 0.744. The van der Waals surface area contributed by atoms with Crippen molar-refractivity contribution in [1.29, 1.82) is 0 Å². The summed E-state index contributed by atoms with van der Waals surface area (Å²) in [7, 11) is 0. The van der Waals surface area contributed by atoms with Gasteiger partial charge in [-0.1, -0.05) is 18.5 Å². The van der Waals surface area contributed by atoms with Crippen molar-refractivity contribution in [2.75, 3.05) is 6.61 Å². The third-order valence-electron chi connectivity index (χ3n) is 2.27. The molecule has 0 bridgehead atoms. The van der Waals surface area contributed by atoms with E-state index in [2.05, 4.69) is 11.9 Å². The molecule has 74 valence electrons. The first-order valence-electron chi connectivity index (χ1n) is 4.76. The van der Waals surface area contributed by atoms with Gasteiger partial charge in [-0.05, 0) is 30.7 Å². The van der Waals surface area contributed by atoms with E-state index in [0.29, 0.717) is 12.6 Å². The highest BCUT2D eigenvalue weighted by Gasteiger charge is 2.17. The van der Waals surface area contributed by atoms with E-state index in [1.807, 2.05) is 24.3 Å². The van der Waals surface area contributed by atoms with Gasteiger partial charge in [0.1, 0.15) is 6.61 Å². The zero-order chi connectivity index (χ0) is 9.97. The Hall–Kier alpha value is -1.02. The van der Waals surface area contributed by atoms with Gasteiger partial charge in [0.2, 0.25) is 5.90 Å². The molecule has 14 heavy (non-hydrogen) atoms. The molecular formula is C11H12ClNO. The molecule has 0 saturated carbocycles. The smallest absolute Gasteiger partial charge is 0.216 e. The van der Waals surface area contributed by atoms with Gasteiger partial charge in [-0.3, -0.25) is 0 Å². The summed E-state index contributed by atoms with van der Waals surface area (Å²) in [6.07, 6.45) is 1.02. The minimum atomic E-state index is 0.320. The lowest BCUT2D eigenvalue weighted by Crippen LogP contribution is -2.03. The summed E-state index contributed by atoms with van der Waals surface area (Å²) in [4.78, 5) is 4.46. The van der Waals surface area contributed by atoms with Crippen LogP contribution in [0.1, 0.15) is 18.9 Å². The molecular weight excluding hydrogens is 198 g/mol. The summed E-state index contributed by atoms with van der Waals surface area (Å²) in [5, 5.41) is 0.736. The van der Waals surface area contributed by atoms with Crippen molar-refractivity contribution in [2.45, 2.75) is 19.4 Å². The molecule has 0 radical (unpaired) electrons. The number of ether oxygens (including phenoxy) is 1. The van der Waals surface area contributed by atoms with Crippen LogP contribution in [0.2, 0.25) is 5.02 Å². The highest BCUT2D eigenvalue weighted by molar-refractivity contribution is 6.30. The molecule has 2 rings (SSSR count). The van der Waals surface area contributed by atoms with Crippen LogP contribution in [0.4, 0.5) is 0 Å². The maximum absolute atomic E-state index is 5.79. The molecule has 0 saturated heterocycles. The second kappa shape index (κ2) is 4.01. The van der Waals surface area contributed by atoms with E-state index in [1.54, 1.807) is 0 Å². The Labute approximate surface area is 88.6 Å². The van der Waals surface area contributed by atoms with Crippen LogP contribution in [0, 0.1) is 0 Å². The van der Waals surface area contributed by atoms with Crippen molar-refractivity contribution in [3.05, 3.63) is 34.9 Å². The average Bonchev–Trinajstić information content (AvgIpc) is 2.67. The lowest BCUT2D eigenvalue weighted by atomic mass is 10.2. The van der Waals surface area contributed by atoms with Gasteiger partial charge in [0, 0.05) is 10.6 Å². The fraction of sp³-hybridized carbons (Fsp3) is 0.364. The summed E-state index contributed by atoms with van der Waals surface area (Å²) in [6.45, 7) is 2.82. The summed E-state index contributed by atoms with van der Waals surface area (Å²) in [5.41, 5.74) is 1.00. The van der Waals surface area contributed by atoms with Gasteiger partial charge in [-0.15, -0.1) is 0 Å². The number of hydrogen-bond donors (Lipinski definition) is 0. The zero-order valence-electron chi connectivity index (χ0n) is 8.03. The molecule has 0 aromatic heterocycles. The van der Waals surface area contributed by atoms with E-state index < -0.39 is 0 Å². The Bertz CT molecular complexity index is 345. The molecule has 1 aliphatic rings. The fourth-order valence-electron chi connectivity index (χ4n) is 1.37. The van der Waals surface area contributed by atoms with Crippen molar-refractivity contribution in [1.82, 2.24) is 0 Å². The topological polar surface area (TPSA) is 21.6 Å². The molecule has 0 amide bonds. The van der Waals surface area contributed by atoms with Crippen LogP contribution in [0.25, 0.3) is 0 Å². The van der Waals surface area contributed by atoms with Gasteiger partial charge in [0.05, 0.1) is 6.04 Å². The molecule has 0 N–H and O–H groups in total. The molecule has 0 fully saturated rings. The van der Waals surface area contributed by atoms with Gasteiger partial charge in [-0.25, -0.2) is 4.99 Å². The first-order valence-corrected chi connectivity index (χ1v) is 5.14. The van der Waals surface area contributed by atoms with E-state index in [1.165, 1.54) is 0 Å². The van der Waals surface area contributed by atoms with Gasteiger partial charge < -0.3 is 4.74 Å². The Morgan fingerprint density at radius 2 is 2.14 bits per heavy atom. The Balaban J connectivity index is 2.20. The highest BCUT2D eigenvalue weighted by atomic mass is 35.5. The second-order valence-corrected chi connectivity index (χ2v) is 3.75. The lowest BCUT2D eigenvalue weighted by Gasteiger charge is -2.00. The fourth-order valence-corrected chi connectivity index (χ4v) is 1.50. The molecule has 0 aliphatic carbocycles. The third-order valence-corrected chi connectivity index (χ3v) is 2.53. The molecule has 1 heterocycles. The number of aliphatic imine (C=N–C) groups is 1. The van der Waals surface area contributed by atoms with E-state index in [4.69, 9.17) is 16.3 Å². The molecule has 2 nitrogen and oxygen atoms in total. The van der Waals surface area contributed by atoms with E-state index in [9.17, 15) is 0 Å². The quantitative estimate of drug-likeness (QED) is 0.734. The molecule has 1 atom stereocenters. The molecule has 1 aromatic rings. The summed E-state index contributed by atoms with van der Waals surface area (Å²) < 4.78 is 5.49. The van der Waals surface area contributed by atoms with Gasteiger partial charge >= 0.3 is 0 Å². The predicted molar refractivity (Wildman–Crippen MR) is 58.0 cm³/mol. The maximum atomic E-state index is 5.79. The molecule has 1 aromatic carbocycles. The largest absolute Gasteiger partial charge is 0.475 e. The van der Waals surface area contributed by atoms with Crippen LogP contribution in [-0.2, 0) is 4.74 Å². The minimum absolute atomic E-state index is 0.320. The number of benzene rings is 1. The van der Waals surface area contributed by atoms with Crippen LogP contribution >= 0.6 is 11.6 Å². The molecule has 0 spiro atoms. The second-order valence-electron chi connectivity index (χ2n) is 3.31. The van der Waals surface area contributed by atoms with E-state index >= 15 is 0 Å². The summed E-state index contributed by atoms with van der Waals surface area (Å²) in [6, 6.07) is 7.88. The SMILES string of the molecule is CC[C@@H]1COC(c2ccc(Cl)cc2)=N1. The number of nitrogens with zero attached hydrogens (tertiary/aromatic N) is 1. The lowest BCUT2D eigenvalue weighted by molar-refractivity contribution is 0.315. The van der Waals surface area contributed by atoms with Gasteiger partial charge in [-0.2, -0.15) is 0 Å². The number of halogens is 1. The van der Waals surface area contributed by atoms with Crippen LogP contribution in [0.5, 0.6) is 0 Å². The summed E-state index contributed by atoms with van der Waals surface area (Å²) >= 11 is 5.79. The van der Waals surface area contributed by atoms with Crippen LogP contribution in [0.15, 0.2) is 29.3 Å². The van der Waals surface area contributed by atoms with Gasteiger partial charge in [0.15, 0.2) is 0 Å². The van der Waals surface area contributed by atoms with E-state index in [0.717, 1.165) is 22.9 Å². The predicted octanol–water partition coefficient (Wildman–Crippen LogP) is 2.90. The van der Waals surface area contributed by atoms with Gasteiger partial charge in [0.25, 0.3) is 0 Å². The first kappa shape index (κ1) is 9.53. The van der Waals surface area contributed by atoms with Crippen molar-refractivity contribution in [2.24, 2.45) is 4.99 Å². The molecule has 1 aliphatic heterocycles. The van der Waals surface area contributed by atoms with Crippen molar-refractivity contribution < 1.29 is 4.74 Å². The van der Waals surface area contributed by atoms with Crippen LogP contribution < -0.4 is 0 Å². The monoisotopic (exact) mass is 209 g/mol. The average molecular weight is 210 g/mol. The maximum Gasteiger partial charge on any atom is 0.216 e. The normalized spacial score (nSPS) is 20.4. The number of rotatable bonds is 2. The van der Waals surface area contributed by atoms with Crippen molar-refractivity contribution >= 4 is 17.5 Å². The van der Waals surface area contributed by atoms with Crippen molar-refractivity contribution in [3.63, 3.8) is 0 Å². The highest BCUT2D eigenvalue weighted by Crippen LogP contribution is 2.16. The number of hydrogen-bond acceptors (Lipinski definition) is 2. The van der Waals surface area contributed by atoms with Crippen molar-refractivity contribution in [3.8, 4) is 0 Å². The standard InChI is InChI=1S/C11H12ClNO/c1-2-10-7-14-11(13-10)8-3-5-9(12)6-4-8/h3-6,10H,2,7H2,1H3/t10-/m1/s1. The Morgan fingerprint density at radius 3 is 2.71 bits per heavy atom. The molecule has 0 unspecified atom stereocenters. The third kappa shape index (κ3) is 1.90. The molecule has 3 heteroatoms. The zero-order valence-corrected chi connectivity index (χ0v) is 8.79. The van der Waals surface area contributed by atoms with Crippen LogP contribution in [-0.4, -0.2) is 18.5 Å². The first-order chi connectivity index (χ1) is 6.79. The van der Waals surface area contributed by atoms with E-state index in [-0.39, 0.29) is 0 Å². The van der Waals surface area contributed by atoms with Crippen LogP contribution in [0.3, 0.4) is 0 Å². The Morgan fingerprint density at radius 1 is 1.43 bits per heavy atom. The Kier molecular flexibility index (Phi) is 2.73. The minimum Gasteiger partial charge on any atom is -0.475 e.